The van der Waals surface area contributed by atoms with E-state index >= 15 is 0 Å². The van der Waals surface area contributed by atoms with E-state index in [0.29, 0.717) is 24.5 Å². The monoisotopic (exact) mass is 508 g/mol. The van der Waals surface area contributed by atoms with Crippen LogP contribution in [-0.4, -0.2) is 75.2 Å². The van der Waals surface area contributed by atoms with Crippen molar-refractivity contribution in [3.63, 3.8) is 0 Å². The van der Waals surface area contributed by atoms with Gasteiger partial charge in [-0.05, 0) is 74.3 Å². The number of carbonyl (C=O) groups excluding carboxylic acids is 3. The number of morpholine rings is 1. The third kappa shape index (κ3) is 7.53. The fraction of sp³-hybridized carbons (Fsp3) is 0.464. The summed E-state index contributed by atoms with van der Waals surface area (Å²) in [5.74, 6) is -0.232. The van der Waals surface area contributed by atoms with Crippen molar-refractivity contribution in [1.82, 2.24) is 10.2 Å². The first-order chi connectivity index (χ1) is 17.9. The van der Waals surface area contributed by atoms with Gasteiger partial charge in [-0.15, -0.1) is 0 Å². The Hall–Kier alpha value is -3.43. The molecule has 2 aliphatic rings. The third-order valence-corrected chi connectivity index (χ3v) is 6.86. The number of hydrogen-bond acceptors (Lipinski definition) is 6. The van der Waals surface area contributed by atoms with Crippen LogP contribution in [0.4, 0.5) is 11.4 Å². The van der Waals surface area contributed by atoms with Crippen molar-refractivity contribution in [1.29, 1.82) is 0 Å². The number of rotatable bonds is 10. The number of amides is 3. The van der Waals surface area contributed by atoms with Crippen molar-refractivity contribution < 1.29 is 23.9 Å². The van der Waals surface area contributed by atoms with Crippen LogP contribution in [0.3, 0.4) is 0 Å². The Morgan fingerprint density at radius 1 is 1.05 bits per heavy atom. The predicted octanol–water partition coefficient (Wildman–Crippen LogP) is 2.51. The molecule has 4 rings (SSSR count). The molecule has 37 heavy (non-hydrogen) atoms. The molecule has 2 aromatic rings. The molecule has 0 unspecified atom stereocenters. The van der Waals surface area contributed by atoms with Crippen molar-refractivity contribution >= 4 is 29.1 Å². The molecule has 2 N–H and O–H groups in total. The minimum Gasteiger partial charge on any atom is -0.484 e. The molecule has 9 heteroatoms. The zero-order valence-electron chi connectivity index (χ0n) is 21.6. The maximum atomic E-state index is 12.6. The van der Waals surface area contributed by atoms with Gasteiger partial charge in [-0.2, -0.15) is 0 Å². The van der Waals surface area contributed by atoms with Crippen LogP contribution in [0, 0.1) is 19.8 Å². The molecule has 2 heterocycles. The molecule has 9 nitrogen and oxygen atoms in total. The maximum Gasteiger partial charge on any atom is 0.262 e. The van der Waals surface area contributed by atoms with Gasteiger partial charge < -0.3 is 25.0 Å². The number of carbonyl (C=O) groups is 3. The number of benzene rings is 2. The van der Waals surface area contributed by atoms with Crippen LogP contribution >= 0.6 is 0 Å². The van der Waals surface area contributed by atoms with Crippen molar-refractivity contribution in [2.45, 2.75) is 26.7 Å². The van der Waals surface area contributed by atoms with Gasteiger partial charge in [0, 0.05) is 44.0 Å². The Balaban J connectivity index is 1.19. The highest BCUT2D eigenvalue weighted by Gasteiger charge is 2.35. The van der Waals surface area contributed by atoms with E-state index in [9.17, 15) is 14.4 Å². The predicted molar refractivity (Wildman–Crippen MR) is 142 cm³/mol. The van der Waals surface area contributed by atoms with Gasteiger partial charge in [0.05, 0.1) is 19.1 Å². The fourth-order valence-corrected chi connectivity index (χ4v) is 4.50. The van der Waals surface area contributed by atoms with E-state index < -0.39 is 0 Å². The topological polar surface area (TPSA) is 100 Å². The molecule has 2 aliphatic heterocycles. The number of hydrogen-bond donors (Lipinski definition) is 2. The highest BCUT2D eigenvalue weighted by Crippen LogP contribution is 2.27. The first-order valence-corrected chi connectivity index (χ1v) is 12.9. The molecule has 0 spiro atoms. The largest absolute Gasteiger partial charge is 0.484 e. The summed E-state index contributed by atoms with van der Waals surface area (Å²) in [5.41, 5.74) is 3.71. The molecular formula is C28H36N4O5. The highest BCUT2D eigenvalue weighted by atomic mass is 16.5. The van der Waals surface area contributed by atoms with Crippen LogP contribution in [0.15, 0.2) is 42.5 Å². The number of aryl methyl sites for hydroxylation is 2. The molecule has 0 radical (unpaired) electrons. The Bertz CT molecular complexity index is 1100. The SMILES string of the molecule is Cc1ccc(NC(=O)COc2ccc(N3C[C@@H](C(=O)NCCCN4CCOCC4)CC3=O)cc2)cc1C. The minimum atomic E-state index is -0.360. The van der Waals surface area contributed by atoms with Gasteiger partial charge in [0.25, 0.3) is 5.91 Å². The molecule has 1 atom stereocenters. The molecule has 0 saturated carbocycles. The van der Waals surface area contributed by atoms with Crippen molar-refractivity contribution in [2.75, 3.05) is 62.8 Å². The van der Waals surface area contributed by atoms with E-state index in [0.717, 1.165) is 56.1 Å². The van der Waals surface area contributed by atoms with Gasteiger partial charge in [0.15, 0.2) is 6.61 Å². The summed E-state index contributed by atoms with van der Waals surface area (Å²) < 4.78 is 11.0. The summed E-state index contributed by atoms with van der Waals surface area (Å²) in [6.45, 7) is 9.18. The number of ether oxygens (including phenoxy) is 2. The molecule has 198 valence electrons. The molecule has 2 fully saturated rings. The van der Waals surface area contributed by atoms with Gasteiger partial charge >= 0.3 is 0 Å². The first kappa shape index (κ1) is 26.6. The van der Waals surface area contributed by atoms with Crippen LogP contribution in [0.5, 0.6) is 5.75 Å². The fourth-order valence-electron chi connectivity index (χ4n) is 4.50. The molecular weight excluding hydrogens is 472 g/mol. The summed E-state index contributed by atoms with van der Waals surface area (Å²) in [6, 6.07) is 12.8. The first-order valence-electron chi connectivity index (χ1n) is 12.9. The molecule has 0 aliphatic carbocycles. The van der Waals surface area contributed by atoms with Crippen molar-refractivity contribution in [3.8, 4) is 5.75 Å². The van der Waals surface area contributed by atoms with Gasteiger partial charge in [-0.1, -0.05) is 6.07 Å². The van der Waals surface area contributed by atoms with Crippen LogP contribution in [0.1, 0.15) is 24.0 Å². The Labute approximate surface area is 218 Å². The average Bonchev–Trinajstić information content (AvgIpc) is 3.30. The third-order valence-electron chi connectivity index (χ3n) is 6.86. The lowest BCUT2D eigenvalue weighted by atomic mass is 10.1. The molecule has 3 amide bonds. The van der Waals surface area contributed by atoms with E-state index in [1.807, 2.05) is 32.0 Å². The lowest BCUT2D eigenvalue weighted by Crippen LogP contribution is -2.39. The summed E-state index contributed by atoms with van der Waals surface area (Å²) in [4.78, 5) is 41.4. The van der Waals surface area contributed by atoms with Crippen LogP contribution < -0.4 is 20.3 Å². The molecule has 0 bridgehead atoms. The number of nitrogens with one attached hydrogen (secondary N) is 2. The van der Waals surface area contributed by atoms with E-state index in [1.54, 1.807) is 29.2 Å². The normalized spacial score (nSPS) is 18.1. The second-order valence-corrected chi connectivity index (χ2v) is 9.63. The Morgan fingerprint density at radius 2 is 1.81 bits per heavy atom. The highest BCUT2D eigenvalue weighted by molar-refractivity contribution is 6.00. The molecule has 2 aromatic carbocycles. The van der Waals surface area contributed by atoms with Gasteiger partial charge in [-0.25, -0.2) is 0 Å². The Morgan fingerprint density at radius 3 is 2.54 bits per heavy atom. The standard InChI is InChI=1S/C28H36N4O5/c1-20-4-5-23(16-21(20)2)30-26(33)19-37-25-8-6-24(7-9-25)32-18-22(17-27(32)34)28(35)29-10-3-11-31-12-14-36-15-13-31/h4-9,16,22H,3,10-15,17-19H2,1-2H3,(H,29,35)(H,30,33)/t22-/m0/s1. The van der Waals surface area contributed by atoms with Crippen LogP contribution in [0.2, 0.25) is 0 Å². The summed E-state index contributed by atoms with van der Waals surface area (Å²) in [7, 11) is 0. The Kier molecular flexibility index (Phi) is 9.14. The van der Waals surface area contributed by atoms with E-state index in [2.05, 4.69) is 15.5 Å². The average molecular weight is 509 g/mol. The van der Waals surface area contributed by atoms with Crippen LogP contribution in [0.25, 0.3) is 0 Å². The van der Waals surface area contributed by atoms with Crippen molar-refractivity contribution in [2.24, 2.45) is 5.92 Å². The van der Waals surface area contributed by atoms with Crippen LogP contribution in [-0.2, 0) is 19.1 Å². The summed E-state index contributed by atoms with van der Waals surface area (Å²) >= 11 is 0. The lowest BCUT2D eigenvalue weighted by Gasteiger charge is -2.26. The van der Waals surface area contributed by atoms with E-state index in [4.69, 9.17) is 9.47 Å². The van der Waals surface area contributed by atoms with E-state index in [1.165, 1.54) is 0 Å². The molecule has 2 saturated heterocycles. The molecule has 0 aromatic heterocycles. The lowest BCUT2D eigenvalue weighted by molar-refractivity contribution is -0.126. The van der Waals surface area contributed by atoms with E-state index in [-0.39, 0.29) is 36.7 Å². The smallest absolute Gasteiger partial charge is 0.262 e. The number of anilines is 2. The van der Waals surface area contributed by atoms with Gasteiger partial charge in [0.1, 0.15) is 5.75 Å². The number of nitrogens with zero attached hydrogens (tertiary/aromatic N) is 2. The second kappa shape index (κ2) is 12.7. The minimum absolute atomic E-state index is 0.0742. The van der Waals surface area contributed by atoms with Gasteiger partial charge in [-0.3, -0.25) is 19.3 Å². The summed E-state index contributed by atoms with van der Waals surface area (Å²) in [5, 5.41) is 5.81. The summed E-state index contributed by atoms with van der Waals surface area (Å²) in [6.07, 6.45) is 1.08. The van der Waals surface area contributed by atoms with Crippen molar-refractivity contribution in [3.05, 3.63) is 53.6 Å². The maximum absolute atomic E-state index is 12.6. The van der Waals surface area contributed by atoms with Gasteiger partial charge in [0.2, 0.25) is 11.8 Å². The second-order valence-electron chi connectivity index (χ2n) is 9.63. The zero-order valence-corrected chi connectivity index (χ0v) is 21.6. The quantitative estimate of drug-likeness (QED) is 0.479. The zero-order chi connectivity index (χ0) is 26.2.